The third kappa shape index (κ3) is 17.5. The third-order valence-corrected chi connectivity index (χ3v) is 7.65. The summed E-state index contributed by atoms with van der Waals surface area (Å²) in [5.41, 5.74) is 10.6. The van der Waals surface area contributed by atoms with E-state index in [0.29, 0.717) is 37.4 Å². The van der Waals surface area contributed by atoms with E-state index in [1.54, 1.807) is 38.1 Å². The molecule has 0 aliphatic rings. The summed E-state index contributed by atoms with van der Waals surface area (Å²) in [4.78, 5) is 71.5. The molecule has 3 atom stereocenters. The van der Waals surface area contributed by atoms with Crippen LogP contribution in [0.2, 0.25) is 0 Å². The van der Waals surface area contributed by atoms with Gasteiger partial charge in [0.15, 0.2) is 0 Å². The van der Waals surface area contributed by atoms with Gasteiger partial charge in [-0.05, 0) is 57.5 Å². The first-order valence-electron chi connectivity index (χ1n) is 14.7. The van der Waals surface area contributed by atoms with Crippen molar-refractivity contribution < 1.29 is 42.8 Å². The van der Waals surface area contributed by atoms with Crippen LogP contribution in [0.15, 0.2) is 24.3 Å². The van der Waals surface area contributed by atoms with Crippen LogP contribution in [0.1, 0.15) is 46.6 Å². The molecule has 7 amide bonds. The Morgan fingerprint density at radius 3 is 2.15 bits per heavy atom. The van der Waals surface area contributed by atoms with E-state index in [0.717, 1.165) is 0 Å². The molecule has 1 rings (SSSR count). The van der Waals surface area contributed by atoms with E-state index in [-0.39, 0.29) is 31.1 Å². The van der Waals surface area contributed by atoms with Crippen molar-refractivity contribution in [1.29, 1.82) is 0 Å². The zero-order chi connectivity index (χ0) is 34.9. The molecule has 16 nitrogen and oxygen atoms in total. The average Bonchev–Trinajstić information content (AvgIpc) is 2.96. The zero-order valence-corrected chi connectivity index (χ0v) is 28.2. The highest BCUT2D eigenvalue weighted by Crippen LogP contribution is 2.32. The molecule has 3 unspecified atom stereocenters. The lowest BCUT2D eigenvalue weighted by Crippen LogP contribution is -2.54. The van der Waals surface area contributed by atoms with E-state index in [4.69, 9.17) is 25.5 Å². The molecule has 0 aromatic heterocycles. The second kappa shape index (κ2) is 20.2. The van der Waals surface area contributed by atoms with Crippen LogP contribution in [0.3, 0.4) is 0 Å². The first kappa shape index (κ1) is 40.0. The van der Waals surface area contributed by atoms with Crippen LogP contribution in [0.5, 0.6) is 0 Å². The van der Waals surface area contributed by atoms with Gasteiger partial charge in [0, 0.05) is 20.4 Å². The number of rotatable bonds is 20. The van der Waals surface area contributed by atoms with E-state index in [2.05, 4.69) is 26.6 Å². The van der Waals surface area contributed by atoms with Gasteiger partial charge >= 0.3 is 12.1 Å². The molecule has 17 heteroatoms. The van der Waals surface area contributed by atoms with Crippen molar-refractivity contribution in [1.82, 2.24) is 21.3 Å². The molecule has 46 heavy (non-hydrogen) atoms. The third-order valence-electron chi connectivity index (χ3n) is 6.29. The molecular formula is C29H48N7O9P. The highest BCUT2D eigenvalue weighted by atomic mass is 31.1. The number of anilines is 1. The van der Waals surface area contributed by atoms with Gasteiger partial charge in [0.2, 0.25) is 23.6 Å². The number of hydrogen-bond acceptors (Lipinski definition) is 9. The van der Waals surface area contributed by atoms with Crippen molar-refractivity contribution >= 4 is 49.6 Å². The summed E-state index contributed by atoms with van der Waals surface area (Å²) in [5.74, 6) is -2.27. The van der Waals surface area contributed by atoms with Crippen molar-refractivity contribution in [3.63, 3.8) is 0 Å². The van der Waals surface area contributed by atoms with E-state index in [1.807, 2.05) is 20.5 Å². The van der Waals surface area contributed by atoms with Gasteiger partial charge in [0.1, 0.15) is 18.7 Å². The predicted octanol–water partition coefficient (Wildman–Crippen LogP) is 0.879. The van der Waals surface area contributed by atoms with Crippen molar-refractivity contribution in [2.24, 2.45) is 17.4 Å². The van der Waals surface area contributed by atoms with Gasteiger partial charge in [-0.15, -0.1) is 0 Å². The van der Waals surface area contributed by atoms with Gasteiger partial charge in [-0.25, -0.2) is 9.59 Å². The maximum atomic E-state index is 13.0. The normalized spacial score (nSPS) is 13.1. The molecule has 9 N–H and O–H groups in total. The SMILES string of the molecule is CC(NC(=O)C(NC(=O)CP(C)OCCC(C)(C)OCCNC(N)=O)C(C)C)C(=O)Nc1ccc(COC(=O)NCC(N)=O)cc1. The molecule has 1 aromatic carbocycles. The summed E-state index contributed by atoms with van der Waals surface area (Å²) in [5, 5.41) is 12.8. The fourth-order valence-electron chi connectivity index (χ4n) is 3.69. The number of hydrogen-bond donors (Lipinski definition) is 7. The van der Waals surface area contributed by atoms with Crippen LogP contribution < -0.4 is 38.1 Å². The fourth-order valence-corrected chi connectivity index (χ4v) is 4.68. The van der Waals surface area contributed by atoms with Crippen LogP contribution in [-0.4, -0.2) is 92.6 Å². The fraction of sp³-hybridized carbons (Fsp3) is 0.586. The summed E-state index contributed by atoms with van der Waals surface area (Å²) >= 11 is 0. The molecule has 0 aliphatic carbocycles. The number of nitrogens with one attached hydrogen (secondary N) is 5. The number of carbonyl (C=O) groups excluding carboxylic acids is 6. The lowest BCUT2D eigenvalue weighted by Gasteiger charge is -2.26. The van der Waals surface area contributed by atoms with Crippen molar-refractivity contribution in [3.8, 4) is 0 Å². The second-order valence-corrected chi connectivity index (χ2v) is 13.2. The van der Waals surface area contributed by atoms with Gasteiger partial charge in [0.05, 0.1) is 31.5 Å². The molecule has 0 fully saturated rings. The van der Waals surface area contributed by atoms with E-state index >= 15 is 0 Å². The standard InChI is InChI=1S/C29H48N7O9P/c1-18(2)24(36-23(38)17-46(6)45-13-11-29(4,5)44-14-12-32-27(31)41)26(40)34-19(3)25(39)35-21-9-7-20(8-10-21)16-43-28(42)33-15-22(30)37/h7-10,18-19,24H,11-17H2,1-6H3,(H2,30,37)(H,33,42)(H,34,40)(H,35,39)(H,36,38)(H3,31,32,41). The molecule has 258 valence electrons. The number of ether oxygens (including phenoxy) is 2. The summed E-state index contributed by atoms with van der Waals surface area (Å²) in [6.07, 6.45) is -0.146. The first-order chi connectivity index (χ1) is 21.5. The number of alkyl carbamates (subject to hydrolysis) is 1. The highest BCUT2D eigenvalue weighted by Gasteiger charge is 2.28. The van der Waals surface area contributed by atoms with E-state index in [1.165, 1.54) is 6.92 Å². The smallest absolute Gasteiger partial charge is 0.407 e. The van der Waals surface area contributed by atoms with Gasteiger partial charge in [-0.1, -0.05) is 26.0 Å². The van der Waals surface area contributed by atoms with Gasteiger partial charge < -0.3 is 52.0 Å². The molecule has 0 radical (unpaired) electrons. The first-order valence-corrected chi connectivity index (χ1v) is 16.6. The number of nitrogens with two attached hydrogens (primary N) is 2. The van der Waals surface area contributed by atoms with Gasteiger partial charge in [0.25, 0.3) is 0 Å². The highest BCUT2D eigenvalue weighted by molar-refractivity contribution is 7.52. The topological polar surface area (TPSA) is 242 Å². The Labute approximate surface area is 270 Å². The second-order valence-electron chi connectivity index (χ2n) is 11.4. The van der Waals surface area contributed by atoms with Crippen LogP contribution in [0, 0.1) is 5.92 Å². The Kier molecular flexibility index (Phi) is 17.6. The number of benzene rings is 1. The average molecular weight is 670 g/mol. The summed E-state index contributed by atoms with van der Waals surface area (Å²) in [7, 11) is -1.12. The summed E-state index contributed by atoms with van der Waals surface area (Å²) in [6, 6.07) is 4.09. The van der Waals surface area contributed by atoms with Crippen LogP contribution in [0.4, 0.5) is 15.3 Å². The molecule has 0 heterocycles. The molecule has 0 aliphatic heterocycles. The maximum Gasteiger partial charge on any atom is 0.407 e. The van der Waals surface area contributed by atoms with Gasteiger partial charge in [-0.2, -0.15) is 0 Å². The largest absolute Gasteiger partial charge is 0.445 e. The lowest BCUT2D eigenvalue weighted by molar-refractivity contribution is -0.131. The molecule has 0 saturated heterocycles. The molecule has 1 aromatic rings. The molecular weight excluding hydrogens is 621 g/mol. The van der Waals surface area contributed by atoms with Gasteiger partial charge in [-0.3, -0.25) is 19.2 Å². The Morgan fingerprint density at radius 1 is 0.913 bits per heavy atom. The van der Waals surface area contributed by atoms with Crippen LogP contribution >= 0.6 is 8.15 Å². The monoisotopic (exact) mass is 669 g/mol. The Morgan fingerprint density at radius 2 is 1.57 bits per heavy atom. The van der Waals surface area contributed by atoms with E-state index < -0.39 is 55.7 Å². The Bertz CT molecular complexity index is 1180. The summed E-state index contributed by atoms with van der Waals surface area (Å²) in [6.45, 7) is 11.3. The molecule has 0 saturated carbocycles. The minimum atomic E-state index is -1.12. The van der Waals surface area contributed by atoms with Crippen LogP contribution in [0.25, 0.3) is 0 Å². The lowest BCUT2D eigenvalue weighted by atomic mass is 10.0. The Balaban J connectivity index is 2.51. The zero-order valence-electron chi connectivity index (χ0n) is 27.3. The molecule has 0 bridgehead atoms. The minimum absolute atomic E-state index is 0.0638. The van der Waals surface area contributed by atoms with E-state index in [9.17, 15) is 28.8 Å². The number of amides is 7. The van der Waals surface area contributed by atoms with Crippen molar-refractivity contribution in [2.75, 3.05) is 44.4 Å². The number of carbonyl (C=O) groups is 6. The predicted molar refractivity (Wildman–Crippen MR) is 173 cm³/mol. The Hall–Kier alpha value is -4.01. The minimum Gasteiger partial charge on any atom is -0.445 e. The van der Waals surface area contributed by atoms with Crippen molar-refractivity contribution in [3.05, 3.63) is 29.8 Å². The van der Waals surface area contributed by atoms with Crippen molar-refractivity contribution in [2.45, 2.75) is 65.3 Å². The maximum absolute atomic E-state index is 13.0. The summed E-state index contributed by atoms with van der Waals surface area (Å²) < 4.78 is 16.6. The molecule has 0 spiro atoms. The number of urea groups is 1. The van der Waals surface area contributed by atoms with Crippen LogP contribution in [-0.2, 0) is 39.8 Å². The number of primary amides is 2. The quantitative estimate of drug-likeness (QED) is 0.0769.